The molecule has 134 valence electrons. The first-order valence-corrected chi connectivity index (χ1v) is 8.52. The van der Waals surface area contributed by atoms with Gasteiger partial charge in [-0.3, -0.25) is 10.0 Å². The monoisotopic (exact) mass is 355 g/mol. The van der Waals surface area contributed by atoms with E-state index < -0.39 is 11.8 Å². The number of nitrogens with zero attached hydrogens (tertiary/aromatic N) is 6. The number of piperazine rings is 1. The molecule has 2 fully saturated rings. The van der Waals surface area contributed by atoms with Crippen molar-refractivity contribution >= 4 is 34.8 Å². The third-order valence-electron chi connectivity index (χ3n) is 5.32. The van der Waals surface area contributed by atoms with Gasteiger partial charge in [0.1, 0.15) is 5.52 Å². The molecule has 0 aliphatic carbocycles. The maximum absolute atomic E-state index is 11.4. The van der Waals surface area contributed by atoms with Crippen molar-refractivity contribution < 1.29 is 14.6 Å². The number of hydroxylamine groups is 1. The highest BCUT2D eigenvalue weighted by atomic mass is 16.6. The highest BCUT2D eigenvalue weighted by Crippen LogP contribution is 2.37. The maximum atomic E-state index is 11.4. The van der Waals surface area contributed by atoms with Crippen molar-refractivity contribution in [2.24, 2.45) is 15.9 Å². The smallest absolute Gasteiger partial charge is 0.253 e. The van der Waals surface area contributed by atoms with Crippen molar-refractivity contribution in [2.75, 3.05) is 24.5 Å². The Labute approximate surface area is 148 Å². The zero-order valence-corrected chi connectivity index (χ0v) is 13.8. The van der Waals surface area contributed by atoms with Crippen LogP contribution < -0.4 is 10.4 Å². The lowest BCUT2D eigenvalue weighted by Gasteiger charge is -2.36. The average molecular weight is 355 g/mol. The lowest BCUT2D eigenvalue weighted by Crippen LogP contribution is -2.49. The third kappa shape index (κ3) is 2.25. The number of aliphatic imine (C=N–C) groups is 2. The fourth-order valence-corrected chi connectivity index (χ4v) is 4.05. The molecule has 1 aromatic heterocycles. The van der Waals surface area contributed by atoms with Crippen molar-refractivity contribution in [1.82, 2.24) is 20.7 Å². The quantitative estimate of drug-likeness (QED) is 0.577. The van der Waals surface area contributed by atoms with E-state index in [-0.39, 0.29) is 0 Å². The van der Waals surface area contributed by atoms with Gasteiger partial charge in [0.25, 0.3) is 5.91 Å². The van der Waals surface area contributed by atoms with Crippen LogP contribution in [0, 0.1) is 5.92 Å². The molecule has 3 unspecified atom stereocenters. The lowest BCUT2D eigenvalue weighted by atomic mass is 10.1. The fraction of sp³-hybridized carbons (Fsp3) is 0.438. The van der Waals surface area contributed by atoms with E-state index in [1.54, 1.807) is 11.7 Å². The number of hydrogen-bond acceptors (Lipinski definition) is 9. The Hall–Kier alpha value is -3.01. The van der Waals surface area contributed by atoms with Gasteiger partial charge in [0.15, 0.2) is 5.52 Å². The number of carbonyl (C=O) groups is 1. The van der Waals surface area contributed by atoms with Crippen LogP contribution in [-0.2, 0) is 4.79 Å². The van der Waals surface area contributed by atoms with Gasteiger partial charge < -0.3 is 9.80 Å². The molecule has 10 nitrogen and oxygen atoms in total. The standard InChI is InChI=1S/C16H17N7O3/c24-15(19-25)9-5-17-16(18-6-9)23-8-10-4-11(23)7-22(10)13-3-1-2-12-14(13)21-26-20-12/h1-3,5,9-11,25H,4,6-8H2,(H,19,24). The summed E-state index contributed by atoms with van der Waals surface area (Å²) in [6, 6.07) is 6.56. The molecule has 1 amide bonds. The second-order valence-electron chi connectivity index (χ2n) is 6.76. The zero-order chi connectivity index (χ0) is 17.7. The Morgan fingerprint density at radius 3 is 2.81 bits per heavy atom. The summed E-state index contributed by atoms with van der Waals surface area (Å²) < 4.78 is 4.87. The number of rotatable bonds is 2. The zero-order valence-electron chi connectivity index (χ0n) is 13.8. The van der Waals surface area contributed by atoms with Crippen molar-refractivity contribution in [1.29, 1.82) is 0 Å². The fourth-order valence-electron chi connectivity index (χ4n) is 4.05. The SMILES string of the molecule is O=C(NO)C1C=NC(N2CC3CC2CN3c2cccc3nonc23)=NC1. The first-order valence-electron chi connectivity index (χ1n) is 8.52. The number of aromatic nitrogens is 2. The molecule has 1 aromatic carbocycles. The number of fused-ring (bicyclic) bond motifs is 3. The summed E-state index contributed by atoms with van der Waals surface area (Å²) >= 11 is 0. The third-order valence-corrected chi connectivity index (χ3v) is 5.32. The van der Waals surface area contributed by atoms with E-state index in [9.17, 15) is 4.79 Å². The Morgan fingerprint density at radius 2 is 2.08 bits per heavy atom. The molecule has 3 atom stereocenters. The number of hydrogen-bond donors (Lipinski definition) is 2. The van der Waals surface area contributed by atoms with E-state index in [0.717, 1.165) is 36.2 Å². The second kappa shape index (κ2) is 5.77. The first-order chi connectivity index (χ1) is 12.7. The summed E-state index contributed by atoms with van der Waals surface area (Å²) in [4.78, 5) is 24.8. The van der Waals surface area contributed by atoms with Crippen LogP contribution in [-0.4, -0.2) is 70.2 Å². The molecule has 5 rings (SSSR count). The minimum atomic E-state index is -0.516. The average Bonchev–Trinajstić information content (AvgIpc) is 3.42. The topological polar surface area (TPSA) is 119 Å². The highest BCUT2D eigenvalue weighted by molar-refractivity contribution is 6.00. The predicted octanol–water partition coefficient (Wildman–Crippen LogP) is 0.0477. The molecule has 0 saturated carbocycles. The maximum Gasteiger partial charge on any atom is 0.253 e. The largest absolute Gasteiger partial charge is 0.363 e. The molecule has 3 aliphatic heterocycles. The molecule has 26 heavy (non-hydrogen) atoms. The van der Waals surface area contributed by atoms with Crippen LogP contribution >= 0.6 is 0 Å². The van der Waals surface area contributed by atoms with E-state index in [1.165, 1.54) is 0 Å². The molecule has 2 aromatic rings. The van der Waals surface area contributed by atoms with Gasteiger partial charge >= 0.3 is 0 Å². The number of carbonyl (C=O) groups excluding carboxylic acids is 1. The van der Waals surface area contributed by atoms with Gasteiger partial charge in [0, 0.05) is 25.3 Å². The number of benzene rings is 1. The summed E-state index contributed by atoms with van der Waals surface area (Å²) in [5, 5.41) is 16.7. The molecule has 2 saturated heterocycles. The van der Waals surface area contributed by atoms with Crippen LogP contribution in [0.2, 0.25) is 0 Å². The van der Waals surface area contributed by atoms with Crippen LogP contribution in [0.3, 0.4) is 0 Å². The molecule has 10 heteroatoms. The summed E-state index contributed by atoms with van der Waals surface area (Å²) in [7, 11) is 0. The number of guanidine groups is 1. The number of amides is 1. The van der Waals surface area contributed by atoms with Gasteiger partial charge in [-0.25, -0.2) is 20.1 Å². The summed E-state index contributed by atoms with van der Waals surface area (Å²) in [6.07, 6.45) is 2.58. The highest BCUT2D eigenvalue weighted by Gasteiger charge is 2.45. The van der Waals surface area contributed by atoms with Gasteiger partial charge in [-0.2, -0.15) is 0 Å². The van der Waals surface area contributed by atoms with Gasteiger partial charge in [-0.15, -0.1) is 0 Å². The Kier molecular flexibility index (Phi) is 3.38. The Morgan fingerprint density at radius 1 is 1.23 bits per heavy atom. The summed E-state index contributed by atoms with van der Waals surface area (Å²) in [5.74, 6) is -0.335. The van der Waals surface area contributed by atoms with Crippen molar-refractivity contribution in [3.8, 4) is 0 Å². The van der Waals surface area contributed by atoms with Crippen LogP contribution in [0.25, 0.3) is 11.0 Å². The van der Waals surface area contributed by atoms with Crippen LogP contribution in [0.4, 0.5) is 5.69 Å². The van der Waals surface area contributed by atoms with Crippen molar-refractivity contribution in [3.05, 3.63) is 18.2 Å². The summed E-state index contributed by atoms with van der Waals surface area (Å²) in [5.41, 5.74) is 4.24. The molecular formula is C16H17N7O3. The number of anilines is 1. The van der Waals surface area contributed by atoms with Crippen LogP contribution in [0.1, 0.15) is 6.42 Å². The van der Waals surface area contributed by atoms with E-state index >= 15 is 0 Å². The Bertz CT molecular complexity index is 923. The molecular weight excluding hydrogens is 338 g/mol. The van der Waals surface area contributed by atoms with Crippen molar-refractivity contribution in [3.63, 3.8) is 0 Å². The Balaban J connectivity index is 1.32. The van der Waals surface area contributed by atoms with Crippen molar-refractivity contribution in [2.45, 2.75) is 18.5 Å². The van der Waals surface area contributed by atoms with Gasteiger partial charge in [0.05, 0.1) is 24.2 Å². The minimum Gasteiger partial charge on any atom is -0.363 e. The van der Waals surface area contributed by atoms with E-state index in [4.69, 9.17) is 9.84 Å². The minimum absolute atomic E-state index is 0.298. The number of likely N-dealkylation sites (tertiary alicyclic amines) is 1. The van der Waals surface area contributed by atoms with Gasteiger partial charge in [0.2, 0.25) is 5.96 Å². The van der Waals surface area contributed by atoms with E-state index in [2.05, 4.69) is 30.1 Å². The summed E-state index contributed by atoms with van der Waals surface area (Å²) in [6.45, 7) is 1.97. The van der Waals surface area contributed by atoms with E-state index in [1.807, 2.05) is 18.2 Å². The van der Waals surface area contributed by atoms with Gasteiger partial charge in [-0.1, -0.05) is 6.07 Å². The molecule has 4 heterocycles. The molecule has 0 spiro atoms. The lowest BCUT2D eigenvalue weighted by molar-refractivity contribution is -0.130. The number of nitrogens with one attached hydrogen (secondary N) is 1. The van der Waals surface area contributed by atoms with Crippen LogP contribution in [0.5, 0.6) is 0 Å². The molecule has 2 bridgehead atoms. The molecule has 0 radical (unpaired) electrons. The van der Waals surface area contributed by atoms with E-state index in [0.29, 0.717) is 24.6 Å². The first kappa shape index (κ1) is 15.3. The predicted molar refractivity (Wildman–Crippen MR) is 92.3 cm³/mol. The molecule has 2 N–H and O–H groups in total. The van der Waals surface area contributed by atoms with Gasteiger partial charge in [-0.05, 0) is 28.9 Å². The molecule has 3 aliphatic rings. The second-order valence-corrected chi connectivity index (χ2v) is 6.76. The van der Waals surface area contributed by atoms with Crippen LogP contribution in [0.15, 0.2) is 32.8 Å². The normalized spacial score (nSPS) is 27.3.